The van der Waals surface area contributed by atoms with Crippen LogP contribution in [0.25, 0.3) is 16.8 Å². The minimum Gasteiger partial charge on any atom is -0.421 e. The summed E-state index contributed by atoms with van der Waals surface area (Å²) < 4.78 is 21.9. The summed E-state index contributed by atoms with van der Waals surface area (Å²) in [5.41, 5.74) is 1.04. The molecule has 0 aliphatic carbocycles. The van der Waals surface area contributed by atoms with E-state index in [4.69, 9.17) is 16.0 Å². The maximum Gasteiger partial charge on any atom is 0.298 e. The van der Waals surface area contributed by atoms with Gasteiger partial charge in [-0.15, -0.1) is 0 Å². The predicted octanol–water partition coefficient (Wildman–Crippen LogP) is 2.60. The second-order valence-electron chi connectivity index (χ2n) is 5.56. The second-order valence-corrected chi connectivity index (χ2v) is 5.97. The second kappa shape index (κ2) is 5.50. The molecule has 1 N–H and O–H groups in total. The van der Waals surface area contributed by atoms with Gasteiger partial charge in [0.15, 0.2) is 16.9 Å². The first-order valence-corrected chi connectivity index (χ1v) is 7.79. The fourth-order valence-electron chi connectivity index (χ4n) is 2.82. The first kappa shape index (κ1) is 14.5. The van der Waals surface area contributed by atoms with Crippen LogP contribution in [-0.2, 0) is 0 Å². The normalized spacial score (nSPS) is 18.7. The van der Waals surface area contributed by atoms with Gasteiger partial charge in [0.2, 0.25) is 0 Å². The zero-order chi connectivity index (χ0) is 16.0. The summed E-state index contributed by atoms with van der Waals surface area (Å²) in [5, 5.41) is 7.47. The van der Waals surface area contributed by atoms with Crippen LogP contribution in [0.15, 0.2) is 28.9 Å². The highest BCUT2D eigenvalue weighted by Crippen LogP contribution is 2.33. The Morgan fingerprint density at radius 3 is 3.09 bits per heavy atom. The Balaban J connectivity index is 1.90. The Hall–Kier alpha value is -2.12. The number of oxazole rings is 1. The number of rotatable bonds is 2. The molecule has 1 atom stereocenters. The number of piperazine rings is 1. The van der Waals surface area contributed by atoms with E-state index in [9.17, 15) is 4.39 Å². The zero-order valence-electron chi connectivity index (χ0n) is 12.5. The van der Waals surface area contributed by atoms with Crippen molar-refractivity contribution in [3.8, 4) is 5.69 Å². The Kier molecular flexibility index (Phi) is 3.46. The lowest BCUT2D eigenvalue weighted by Crippen LogP contribution is -2.50. The van der Waals surface area contributed by atoms with Crippen LogP contribution < -0.4 is 10.2 Å². The molecule has 1 fully saturated rings. The first-order valence-electron chi connectivity index (χ1n) is 7.41. The van der Waals surface area contributed by atoms with Crippen LogP contribution in [0.3, 0.4) is 0 Å². The molecule has 0 spiro atoms. The van der Waals surface area contributed by atoms with Crippen molar-refractivity contribution in [2.45, 2.75) is 13.0 Å². The molecule has 6 nitrogen and oxygen atoms in total. The number of hydrogen-bond donors (Lipinski definition) is 1. The van der Waals surface area contributed by atoms with Gasteiger partial charge in [-0.25, -0.2) is 9.07 Å². The minimum atomic E-state index is -0.574. The predicted molar refractivity (Wildman–Crippen MR) is 85.8 cm³/mol. The minimum absolute atomic E-state index is 0.00351. The zero-order valence-corrected chi connectivity index (χ0v) is 13.2. The van der Waals surface area contributed by atoms with E-state index in [2.05, 4.69) is 22.3 Å². The van der Waals surface area contributed by atoms with E-state index in [0.717, 1.165) is 19.6 Å². The smallest absolute Gasteiger partial charge is 0.298 e. The highest BCUT2D eigenvalue weighted by atomic mass is 35.5. The summed E-state index contributed by atoms with van der Waals surface area (Å²) in [6.45, 7) is 4.48. The molecule has 120 valence electrons. The lowest BCUT2D eigenvalue weighted by atomic mass is 10.2. The van der Waals surface area contributed by atoms with E-state index >= 15 is 0 Å². The number of fused-ring (bicyclic) bond motifs is 1. The van der Waals surface area contributed by atoms with Gasteiger partial charge in [-0.05, 0) is 19.1 Å². The SMILES string of the molecule is C[C@H]1CNCCN1c1nc2c(F)c(Cl)cc(-n3cccn3)c2o1. The number of aromatic nitrogens is 3. The maximum atomic E-state index is 14.4. The van der Waals surface area contributed by atoms with Gasteiger partial charge in [0.05, 0.1) is 5.02 Å². The van der Waals surface area contributed by atoms with Crippen LogP contribution >= 0.6 is 11.6 Å². The molecule has 0 bridgehead atoms. The molecule has 1 aliphatic heterocycles. The van der Waals surface area contributed by atoms with E-state index in [-0.39, 0.29) is 16.6 Å². The monoisotopic (exact) mass is 335 g/mol. The standard InChI is InChI=1S/C15H15ClFN5O/c1-9-8-18-4-6-21(9)15-20-13-12(17)10(16)7-11(14(13)23-15)22-5-2-3-19-22/h2-3,5,7,9,18H,4,6,8H2,1H3/t9-/m0/s1. The van der Waals surface area contributed by atoms with E-state index in [1.54, 1.807) is 23.1 Å². The van der Waals surface area contributed by atoms with Crippen LogP contribution in [0.2, 0.25) is 5.02 Å². The number of nitrogens with zero attached hydrogens (tertiary/aromatic N) is 4. The molecule has 0 amide bonds. The van der Waals surface area contributed by atoms with Crippen molar-refractivity contribution < 1.29 is 8.81 Å². The lowest BCUT2D eigenvalue weighted by molar-refractivity contribution is 0.456. The third-order valence-electron chi connectivity index (χ3n) is 4.03. The topological polar surface area (TPSA) is 59.1 Å². The van der Waals surface area contributed by atoms with Gasteiger partial charge in [-0.1, -0.05) is 11.6 Å². The van der Waals surface area contributed by atoms with Gasteiger partial charge in [0, 0.05) is 38.1 Å². The number of hydrogen-bond acceptors (Lipinski definition) is 5. The van der Waals surface area contributed by atoms with Crippen molar-refractivity contribution in [3.05, 3.63) is 35.4 Å². The van der Waals surface area contributed by atoms with E-state index < -0.39 is 5.82 Å². The average molecular weight is 336 g/mol. The largest absolute Gasteiger partial charge is 0.421 e. The van der Waals surface area contributed by atoms with Crippen LogP contribution in [0, 0.1) is 5.82 Å². The molecule has 1 saturated heterocycles. The third-order valence-corrected chi connectivity index (χ3v) is 4.30. The summed E-state index contributed by atoms with van der Waals surface area (Å²) in [5.74, 6) is -0.574. The molecule has 3 aromatic rings. The first-order chi connectivity index (χ1) is 11.1. The fourth-order valence-corrected chi connectivity index (χ4v) is 3.02. The lowest BCUT2D eigenvalue weighted by Gasteiger charge is -2.32. The fraction of sp³-hybridized carbons (Fsp3) is 0.333. The molecule has 1 aliphatic rings. The van der Waals surface area contributed by atoms with Crippen molar-refractivity contribution in [2.75, 3.05) is 24.5 Å². The number of nitrogens with one attached hydrogen (secondary N) is 1. The molecular weight excluding hydrogens is 321 g/mol. The van der Waals surface area contributed by atoms with Gasteiger partial charge in [0.1, 0.15) is 5.69 Å². The summed E-state index contributed by atoms with van der Waals surface area (Å²) in [6, 6.07) is 3.90. The summed E-state index contributed by atoms with van der Waals surface area (Å²) in [4.78, 5) is 6.37. The van der Waals surface area contributed by atoms with Gasteiger partial charge in [-0.2, -0.15) is 10.1 Å². The highest BCUT2D eigenvalue weighted by molar-refractivity contribution is 6.31. The molecule has 23 heavy (non-hydrogen) atoms. The van der Waals surface area contributed by atoms with E-state index in [1.165, 1.54) is 6.07 Å². The molecule has 0 radical (unpaired) electrons. The van der Waals surface area contributed by atoms with Crippen molar-refractivity contribution in [3.63, 3.8) is 0 Å². The van der Waals surface area contributed by atoms with Crippen LogP contribution in [0.5, 0.6) is 0 Å². The summed E-state index contributed by atoms with van der Waals surface area (Å²) in [6.07, 6.45) is 3.39. The third kappa shape index (κ3) is 2.36. The summed E-state index contributed by atoms with van der Waals surface area (Å²) in [7, 11) is 0. The Morgan fingerprint density at radius 1 is 1.48 bits per heavy atom. The molecule has 0 saturated carbocycles. The van der Waals surface area contributed by atoms with Gasteiger partial charge in [0.25, 0.3) is 6.01 Å². The van der Waals surface area contributed by atoms with Crippen molar-refractivity contribution >= 4 is 28.7 Å². The molecule has 8 heteroatoms. The van der Waals surface area contributed by atoms with Gasteiger partial charge >= 0.3 is 0 Å². The van der Waals surface area contributed by atoms with Crippen molar-refractivity contribution in [1.29, 1.82) is 0 Å². The number of anilines is 1. The van der Waals surface area contributed by atoms with Crippen LogP contribution in [0.1, 0.15) is 6.92 Å². The van der Waals surface area contributed by atoms with Crippen molar-refractivity contribution in [1.82, 2.24) is 20.1 Å². The number of halogens is 2. The molecule has 1 aromatic carbocycles. The van der Waals surface area contributed by atoms with Gasteiger partial charge < -0.3 is 14.6 Å². The molecule has 3 heterocycles. The molecule has 0 unspecified atom stereocenters. The average Bonchev–Trinajstić information content (AvgIpc) is 3.21. The maximum absolute atomic E-state index is 14.4. The van der Waals surface area contributed by atoms with E-state index in [1.807, 2.05) is 4.90 Å². The Morgan fingerprint density at radius 2 is 2.35 bits per heavy atom. The van der Waals surface area contributed by atoms with Crippen LogP contribution in [-0.4, -0.2) is 40.4 Å². The van der Waals surface area contributed by atoms with Gasteiger partial charge in [-0.3, -0.25) is 0 Å². The molecular formula is C15H15ClFN5O. The quantitative estimate of drug-likeness (QED) is 0.780. The molecule has 4 rings (SSSR count). The van der Waals surface area contributed by atoms with E-state index in [0.29, 0.717) is 17.3 Å². The Bertz CT molecular complexity index is 847. The highest BCUT2D eigenvalue weighted by Gasteiger charge is 2.26. The summed E-state index contributed by atoms with van der Waals surface area (Å²) >= 11 is 6.01. The van der Waals surface area contributed by atoms with Crippen molar-refractivity contribution in [2.24, 2.45) is 0 Å². The Labute approximate surface area is 136 Å². The van der Waals surface area contributed by atoms with Crippen LogP contribution in [0.4, 0.5) is 10.4 Å². The molecule has 2 aromatic heterocycles. The number of benzene rings is 1.